The summed E-state index contributed by atoms with van der Waals surface area (Å²) in [6.45, 7) is 0.914. The number of cyclic esters (lactones) is 1. The van der Waals surface area contributed by atoms with E-state index in [1.165, 1.54) is 24.3 Å². The third kappa shape index (κ3) is 7.55. The number of anilines is 2. The van der Waals surface area contributed by atoms with Crippen molar-refractivity contribution < 1.29 is 47.7 Å². The van der Waals surface area contributed by atoms with Crippen molar-refractivity contribution in [2.45, 2.75) is 25.4 Å². The van der Waals surface area contributed by atoms with Gasteiger partial charge in [0.2, 0.25) is 0 Å². The van der Waals surface area contributed by atoms with Gasteiger partial charge in [-0.1, -0.05) is 0 Å². The number of halogens is 1. The van der Waals surface area contributed by atoms with Crippen LogP contribution in [0.1, 0.15) is 17.5 Å². The SMILES string of the molecule is CONC(=O)COc1cc(F)c2c(c1)CC(CNCCC1CN(c3cnc4c(n3)NC(=O)CO4)C(=O)O1)C2.O=CO. The van der Waals surface area contributed by atoms with Crippen molar-refractivity contribution in [3.05, 3.63) is 35.3 Å². The van der Waals surface area contributed by atoms with E-state index in [1.54, 1.807) is 6.07 Å². The molecule has 1 fully saturated rings. The zero-order valence-electron chi connectivity index (χ0n) is 22.1. The Morgan fingerprint density at radius 1 is 1.34 bits per heavy atom. The largest absolute Gasteiger partial charge is 0.484 e. The number of carboxylic acid groups (broad SMARTS) is 1. The smallest absolute Gasteiger partial charge is 0.415 e. The van der Waals surface area contributed by atoms with Gasteiger partial charge in [0.05, 0.1) is 19.9 Å². The second-order valence-electron chi connectivity index (χ2n) is 9.27. The number of benzene rings is 1. The number of hydroxylamine groups is 1. The van der Waals surface area contributed by atoms with Gasteiger partial charge in [-0.3, -0.25) is 24.1 Å². The summed E-state index contributed by atoms with van der Waals surface area (Å²) in [7, 11) is 1.32. The third-order valence-electron chi connectivity index (χ3n) is 6.40. The van der Waals surface area contributed by atoms with Crippen LogP contribution in [0, 0.1) is 11.7 Å². The highest BCUT2D eigenvalue weighted by Gasteiger charge is 2.34. The number of aromatic nitrogens is 2. The molecule has 1 saturated heterocycles. The van der Waals surface area contributed by atoms with E-state index in [1.807, 2.05) is 0 Å². The maximum absolute atomic E-state index is 14.6. The average molecular weight is 577 g/mol. The maximum Gasteiger partial charge on any atom is 0.415 e. The van der Waals surface area contributed by atoms with Crippen LogP contribution in [0.15, 0.2) is 18.3 Å². The summed E-state index contributed by atoms with van der Waals surface area (Å²) < 4.78 is 30.6. The zero-order chi connectivity index (χ0) is 29.4. The van der Waals surface area contributed by atoms with Crippen LogP contribution in [-0.2, 0) is 36.8 Å². The topological polar surface area (TPSA) is 191 Å². The molecule has 2 atom stereocenters. The molecule has 2 unspecified atom stereocenters. The minimum atomic E-state index is -0.535. The Hall–Kier alpha value is -4.57. The number of amides is 3. The molecule has 41 heavy (non-hydrogen) atoms. The molecule has 0 bridgehead atoms. The van der Waals surface area contributed by atoms with Crippen LogP contribution in [0.3, 0.4) is 0 Å². The van der Waals surface area contributed by atoms with E-state index < -0.39 is 12.0 Å². The first kappa shape index (κ1) is 29.4. The van der Waals surface area contributed by atoms with E-state index in [2.05, 4.69) is 30.9 Å². The molecule has 3 aliphatic rings. The van der Waals surface area contributed by atoms with Crippen molar-refractivity contribution in [3.8, 4) is 11.6 Å². The molecule has 16 heteroatoms. The van der Waals surface area contributed by atoms with Gasteiger partial charge in [0.25, 0.3) is 24.2 Å². The number of fused-ring (bicyclic) bond motifs is 2. The van der Waals surface area contributed by atoms with Crippen LogP contribution < -0.4 is 30.5 Å². The van der Waals surface area contributed by atoms with Gasteiger partial charge in [0, 0.05) is 6.07 Å². The molecule has 1 aromatic carbocycles. The highest BCUT2D eigenvalue weighted by atomic mass is 19.1. The highest BCUT2D eigenvalue weighted by molar-refractivity contribution is 5.94. The first-order valence-corrected chi connectivity index (χ1v) is 12.6. The molecule has 0 saturated carbocycles. The fourth-order valence-electron chi connectivity index (χ4n) is 4.68. The van der Waals surface area contributed by atoms with Crippen LogP contribution in [0.5, 0.6) is 11.6 Å². The summed E-state index contributed by atoms with van der Waals surface area (Å²) in [6.07, 6.45) is 2.39. The van der Waals surface area contributed by atoms with Gasteiger partial charge < -0.3 is 30.0 Å². The lowest BCUT2D eigenvalue weighted by Crippen LogP contribution is -2.30. The van der Waals surface area contributed by atoms with Crippen LogP contribution in [0.4, 0.5) is 20.8 Å². The third-order valence-corrected chi connectivity index (χ3v) is 6.40. The molecule has 1 aliphatic carbocycles. The van der Waals surface area contributed by atoms with Gasteiger partial charge >= 0.3 is 6.09 Å². The molecule has 3 heterocycles. The molecule has 5 rings (SSSR count). The maximum atomic E-state index is 14.6. The fraction of sp³-hybridized carbons (Fsp3) is 0.440. The molecule has 2 aromatic rings. The summed E-state index contributed by atoms with van der Waals surface area (Å²) in [5, 5.41) is 12.8. The lowest BCUT2D eigenvalue weighted by atomic mass is 10.1. The van der Waals surface area contributed by atoms with Crippen molar-refractivity contribution in [1.82, 2.24) is 20.8 Å². The lowest BCUT2D eigenvalue weighted by Gasteiger charge is -2.18. The molecule has 2 aliphatic heterocycles. The Kier molecular flexibility index (Phi) is 9.81. The minimum absolute atomic E-state index is 0.130. The molecule has 220 valence electrons. The van der Waals surface area contributed by atoms with Crippen LogP contribution in [0.25, 0.3) is 0 Å². The lowest BCUT2D eigenvalue weighted by molar-refractivity contribution is -0.133. The number of ether oxygens (including phenoxy) is 3. The van der Waals surface area contributed by atoms with Crippen molar-refractivity contribution in [1.29, 1.82) is 0 Å². The summed E-state index contributed by atoms with van der Waals surface area (Å²) in [5.74, 6) is -0.0136. The number of rotatable bonds is 10. The summed E-state index contributed by atoms with van der Waals surface area (Å²) >= 11 is 0. The summed E-state index contributed by atoms with van der Waals surface area (Å²) in [5.41, 5.74) is 3.68. The standard InChI is InChI=1S/C24H27FN6O7.CH2O2/c1-35-30-21(33)12-36-16-6-14-4-13(5-17(14)18(25)7-16)8-26-3-2-15-10-31(24(34)38-15)19-9-27-23-22(28-19)29-20(32)11-37-23;2-1-3/h6-7,9,13,15,26H,2-5,8,10-12H2,1H3,(H,30,33)(H,28,29,32);1H,(H,2,3). The molecule has 0 spiro atoms. The Morgan fingerprint density at radius 3 is 2.93 bits per heavy atom. The number of nitrogens with one attached hydrogen (secondary N) is 3. The summed E-state index contributed by atoms with van der Waals surface area (Å²) in [6, 6.07) is 3.06. The van der Waals surface area contributed by atoms with E-state index in [0.29, 0.717) is 50.2 Å². The van der Waals surface area contributed by atoms with Crippen LogP contribution in [-0.4, -0.2) is 85.5 Å². The van der Waals surface area contributed by atoms with E-state index >= 15 is 0 Å². The fourth-order valence-corrected chi connectivity index (χ4v) is 4.68. The molecule has 4 N–H and O–H groups in total. The normalized spacial score (nSPS) is 18.6. The van der Waals surface area contributed by atoms with E-state index in [4.69, 9.17) is 24.1 Å². The Bertz CT molecular complexity index is 1300. The first-order chi connectivity index (χ1) is 19.8. The molecule has 3 amide bonds. The monoisotopic (exact) mass is 576 g/mol. The number of carbonyl (C=O) groups excluding carboxylic acids is 3. The Morgan fingerprint density at radius 2 is 2.15 bits per heavy atom. The Labute approximate surface area is 233 Å². The van der Waals surface area contributed by atoms with Crippen molar-refractivity contribution in [3.63, 3.8) is 0 Å². The number of nitrogens with zero attached hydrogens (tertiary/aromatic N) is 3. The van der Waals surface area contributed by atoms with Gasteiger partial charge in [-0.2, -0.15) is 0 Å². The molecule has 0 radical (unpaired) electrons. The van der Waals surface area contributed by atoms with Gasteiger partial charge in [0.15, 0.2) is 24.8 Å². The van der Waals surface area contributed by atoms with E-state index in [9.17, 15) is 18.8 Å². The predicted octanol–water partition coefficient (Wildman–Crippen LogP) is 0.424. The van der Waals surface area contributed by atoms with Crippen molar-refractivity contribution >= 4 is 36.0 Å². The number of carbonyl (C=O) groups is 4. The van der Waals surface area contributed by atoms with Gasteiger partial charge in [-0.05, 0) is 55.5 Å². The highest BCUT2D eigenvalue weighted by Crippen LogP contribution is 2.32. The van der Waals surface area contributed by atoms with Crippen LogP contribution >= 0.6 is 0 Å². The van der Waals surface area contributed by atoms with Gasteiger partial charge in [-0.25, -0.2) is 24.6 Å². The van der Waals surface area contributed by atoms with Crippen LogP contribution in [0.2, 0.25) is 0 Å². The first-order valence-electron chi connectivity index (χ1n) is 12.6. The minimum Gasteiger partial charge on any atom is -0.484 e. The molecule has 1 aromatic heterocycles. The van der Waals surface area contributed by atoms with Crippen molar-refractivity contribution in [2.24, 2.45) is 5.92 Å². The predicted molar refractivity (Wildman–Crippen MR) is 138 cm³/mol. The second kappa shape index (κ2) is 13.7. The number of hydrogen-bond acceptors (Lipinski definition) is 11. The second-order valence-corrected chi connectivity index (χ2v) is 9.27. The average Bonchev–Trinajstić information content (AvgIpc) is 3.53. The molecule has 15 nitrogen and oxygen atoms in total. The molecular weight excluding hydrogens is 547 g/mol. The number of hydrogen-bond donors (Lipinski definition) is 4. The van der Waals surface area contributed by atoms with E-state index in [0.717, 1.165) is 5.56 Å². The quantitative estimate of drug-likeness (QED) is 0.174. The van der Waals surface area contributed by atoms with Gasteiger partial charge in [-0.15, -0.1) is 0 Å². The summed E-state index contributed by atoms with van der Waals surface area (Å²) in [4.78, 5) is 58.0. The van der Waals surface area contributed by atoms with E-state index in [-0.39, 0.29) is 60.9 Å². The zero-order valence-corrected chi connectivity index (χ0v) is 22.1. The van der Waals surface area contributed by atoms with Crippen molar-refractivity contribution in [2.75, 3.05) is 50.2 Å². The van der Waals surface area contributed by atoms with Gasteiger partial charge in [0.1, 0.15) is 17.7 Å². The molecular formula is C25H29FN6O9. The Balaban J connectivity index is 0.00000124.